The van der Waals surface area contributed by atoms with Gasteiger partial charge in [-0.1, -0.05) is 24.3 Å². The smallest absolute Gasteiger partial charge is 0.174 e. The van der Waals surface area contributed by atoms with E-state index in [9.17, 15) is 24.5 Å². The van der Waals surface area contributed by atoms with Crippen LogP contribution in [0.1, 0.15) is 34.0 Å². The minimum atomic E-state index is -0.823. The maximum atomic E-state index is 13.0. The van der Waals surface area contributed by atoms with Crippen LogP contribution in [-0.2, 0) is 6.54 Å². The van der Waals surface area contributed by atoms with Crippen molar-refractivity contribution in [2.45, 2.75) is 25.2 Å². The molecule has 3 aromatic rings. The fourth-order valence-corrected chi connectivity index (χ4v) is 3.94. The van der Waals surface area contributed by atoms with E-state index in [0.717, 1.165) is 11.1 Å². The zero-order chi connectivity index (χ0) is 24.2. The molecule has 1 aliphatic rings. The Morgan fingerprint density at radius 2 is 1.82 bits per heavy atom. The number of likely N-dealkylation sites (N-methyl/N-ethyl adjacent to an activating group) is 1. The van der Waals surface area contributed by atoms with Crippen LogP contribution < -0.4 is 9.47 Å². The summed E-state index contributed by atoms with van der Waals surface area (Å²) in [6, 6.07) is 15.4. The predicted octanol–water partition coefficient (Wildman–Crippen LogP) is 3.82. The van der Waals surface area contributed by atoms with E-state index >= 15 is 0 Å². The molecular weight excluding hydrogens is 441 g/mol. The molecule has 3 N–H and O–H groups in total. The second-order valence-electron chi connectivity index (χ2n) is 8.43. The summed E-state index contributed by atoms with van der Waals surface area (Å²) in [6.07, 6.45) is -1.32. The quantitative estimate of drug-likeness (QED) is 0.463. The van der Waals surface area contributed by atoms with E-state index in [1.165, 1.54) is 36.4 Å². The van der Waals surface area contributed by atoms with Gasteiger partial charge in [0.2, 0.25) is 0 Å². The molecule has 0 saturated heterocycles. The van der Waals surface area contributed by atoms with Crippen LogP contribution in [0.2, 0.25) is 0 Å². The summed E-state index contributed by atoms with van der Waals surface area (Å²) in [7, 11) is 1.83. The first-order valence-corrected chi connectivity index (χ1v) is 10.9. The highest BCUT2D eigenvalue weighted by atomic mass is 19.1. The first kappa shape index (κ1) is 23.5. The number of ether oxygens (including phenoxy) is 2. The van der Waals surface area contributed by atoms with Gasteiger partial charge in [0.15, 0.2) is 5.78 Å². The molecule has 0 bridgehead atoms. The highest BCUT2D eigenvalue weighted by molar-refractivity contribution is 6.02. The van der Waals surface area contributed by atoms with Crippen molar-refractivity contribution in [1.29, 1.82) is 0 Å². The van der Waals surface area contributed by atoms with Gasteiger partial charge in [0.05, 0.1) is 6.42 Å². The van der Waals surface area contributed by atoms with Crippen molar-refractivity contribution in [3.05, 3.63) is 83.2 Å². The normalized spacial score (nSPS) is 16.1. The minimum Gasteiger partial charge on any atom is -0.508 e. The van der Waals surface area contributed by atoms with Gasteiger partial charge in [0, 0.05) is 25.2 Å². The van der Waals surface area contributed by atoms with Gasteiger partial charge in [-0.25, -0.2) is 4.39 Å². The summed E-state index contributed by atoms with van der Waals surface area (Å²) < 4.78 is 24.7. The van der Waals surface area contributed by atoms with Crippen molar-refractivity contribution >= 4 is 5.78 Å². The van der Waals surface area contributed by atoms with E-state index in [1.807, 2.05) is 11.9 Å². The van der Waals surface area contributed by atoms with Crippen LogP contribution in [0.3, 0.4) is 0 Å². The van der Waals surface area contributed by atoms with Crippen LogP contribution >= 0.6 is 0 Å². The van der Waals surface area contributed by atoms with Gasteiger partial charge in [-0.15, -0.1) is 0 Å². The SMILES string of the molecule is CN(Cc1ccc(F)cc1)CC(O)COc1cc(O)c2c(c1)OC(c1ccc(O)cc1)CC2=O. The molecule has 0 saturated carbocycles. The number of nitrogens with zero attached hydrogens (tertiary/aromatic N) is 1. The zero-order valence-corrected chi connectivity index (χ0v) is 18.6. The van der Waals surface area contributed by atoms with Gasteiger partial charge in [0.1, 0.15) is 53.2 Å². The predicted molar refractivity (Wildman–Crippen MR) is 123 cm³/mol. The number of phenols is 2. The third-order valence-corrected chi connectivity index (χ3v) is 5.57. The maximum Gasteiger partial charge on any atom is 0.174 e. The molecule has 3 aromatic carbocycles. The lowest BCUT2D eigenvalue weighted by atomic mass is 9.95. The Morgan fingerprint density at radius 3 is 2.53 bits per heavy atom. The maximum absolute atomic E-state index is 13.0. The number of carbonyl (C=O) groups excluding carboxylic acids is 1. The highest BCUT2D eigenvalue weighted by Crippen LogP contribution is 2.42. The van der Waals surface area contributed by atoms with Gasteiger partial charge in [-0.2, -0.15) is 0 Å². The number of ketones is 1. The zero-order valence-electron chi connectivity index (χ0n) is 18.6. The molecule has 0 spiro atoms. The van der Waals surface area contributed by atoms with E-state index in [4.69, 9.17) is 9.47 Å². The van der Waals surface area contributed by atoms with E-state index in [1.54, 1.807) is 24.3 Å². The lowest BCUT2D eigenvalue weighted by molar-refractivity contribution is 0.0733. The Morgan fingerprint density at radius 1 is 1.12 bits per heavy atom. The number of aliphatic hydroxyl groups is 1. The Hall–Kier alpha value is -3.62. The molecule has 1 heterocycles. The van der Waals surface area contributed by atoms with E-state index < -0.39 is 12.2 Å². The number of benzene rings is 3. The molecule has 0 aliphatic carbocycles. The van der Waals surface area contributed by atoms with Crippen molar-refractivity contribution in [2.75, 3.05) is 20.2 Å². The molecular formula is C26H26FNO6. The lowest BCUT2D eigenvalue weighted by Gasteiger charge is -2.27. The van der Waals surface area contributed by atoms with Gasteiger partial charge >= 0.3 is 0 Å². The number of hydrogen-bond donors (Lipinski definition) is 3. The van der Waals surface area contributed by atoms with Crippen molar-refractivity contribution in [2.24, 2.45) is 0 Å². The molecule has 0 amide bonds. The number of fused-ring (bicyclic) bond motifs is 1. The van der Waals surface area contributed by atoms with Crippen molar-refractivity contribution < 1.29 is 34.0 Å². The number of halogens is 1. The summed E-state index contributed by atoms with van der Waals surface area (Å²) >= 11 is 0. The summed E-state index contributed by atoms with van der Waals surface area (Å²) in [5.41, 5.74) is 1.74. The summed E-state index contributed by atoms with van der Waals surface area (Å²) in [4.78, 5) is 14.5. The molecule has 34 heavy (non-hydrogen) atoms. The molecule has 4 rings (SSSR count). The number of phenolic OH excluding ortho intramolecular Hbond substituents is 2. The Labute approximate surface area is 196 Å². The van der Waals surface area contributed by atoms with Crippen LogP contribution in [-0.4, -0.2) is 52.3 Å². The molecule has 0 fully saturated rings. The molecule has 178 valence electrons. The third-order valence-electron chi connectivity index (χ3n) is 5.57. The minimum absolute atomic E-state index is 0.0404. The molecule has 1 aliphatic heterocycles. The standard InChI is InChI=1S/C26H26FNO6/c1-28(13-16-2-6-18(27)7-3-16)14-20(30)15-33-21-10-22(31)26-23(32)12-24(34-25(26)11-21)17-4-8-19(29)9-5-17/h2-11,20,24,29-31H,12-15H2,1H3. The Bertz CT molecular complexity index is 1150. The number of carbonyl (C=O) groups is 1. The fraction of sp³-hybridized carbons (Fsp3) is 0.269. The van der Waals surface area contributed by atoms with Gasteiger partial charge in [-0.05, 0) is 42.4 Å². The van der Waals surface area contributed by atoms with Crippen LogP contribution in [0.15, 0.2) is 60.7 Å². The molecule has 0 radical (unpaired) electrons. The summed E-state index contributed by atoms with van der Waals surface area (Å²) in [6.45, 7) is 0.805. The molecule has 7 nitrogen and oxygen atoms in total. The Balaban J connectivity index is 1.38. The Kier molecular flexibility index (Phi) is 7.00. The van der Waals surface area contributed by atoms with E-state index in [-0.39, 0.29) is 53.2 Å². The van der Waals surface area contributed by atoms with E-state index in [0.29, 0.717) is 13.1 Å². The van der Waals surface area contributed by atoms with Crippen molar-refractivity contribution in [3.8, 4) is 23.0 Å². The summed E-state index contributed by atoms with van der Waals surface area (Å²) in [5, 5.41) is 30.2. The number of rotatable bonds is 8. The first-order chi connectivity index (χ1) is 16.3. The largest absolute Gasteiger partial charge is 0.508 e. The molecule has 2 unspecified atom stereocenters. The monoisotopic (exact) mass is 467 g/mol. The average Bonchev–Trinajstić information content (AvgIpc) is 2.79. The number of Topliss-reactive ketones (excluding diaryl/α,β-unsaturated/α-hetero) is 1. The van der Waals surface area contributed by atoms with Crippen LogP contribution in [0.5, 0.6) is 23.0 Å². The highest BCUT2D eigenvalue weighted by Gasteiger charge is 2.31. The van der Waals surface area contributed by atoms with Crippen molar-refractivity contribution in [1.82, 2.24) is 4.90 Å². The van der Waals surface area contributed by atoms with Crippen LogP contribution in [0.4, 0.5) is 4.39 Å². The molecule has 8 heteroatoms. The van der Waals surface area contributed by atoms with E-state index in [2.05, 4.69) is 0 Å². The second kappa shape index (κ2) is 10.1. The average molecular weight is 467 g/mol. The lowest BCUT2D eigenvalue weighted by Crippen LogP contribution is -2.32. The van der Waals surface area contributed by atoms with Crippen LogP contribution in [0, 0.1) is 5.82 Å². The topological polar surface area (TPSA) is 99.5 Å². The summed E-state index contributed by atoms with van der Waals surface area (Å²) in [5.74, 6) is -0.229. The first-order valence-electron chi connectivity index (χ1n) is 10.9. The second-order valence-corrected chi connectivity index (χ2v) is 8.43. The fourth-order valence-electron chi connectivity index (χ4n) is 3.94. The molecule has 2 atom stereocenters. The van der Waals surface area contributed by atoms with Crippen molar-refractivity contribution in [3.63, 3.8) is 0 Å². The number of aliphatic hydroxyl groups excluding tert-OH is 1. The van der Waals surface area contributed by atoms with Gasteiger partial charge in [0.25, 0.3) is 0 Å². The number of hydrogen-bond acceptors (Lipinski definition) is 7. The van der Waals surface area contributed by atoms with Crippen LogP contribution in [0.25, 0.3) is 0 Å². The number of aromatic hydroxyl groups is 2. The van der Waals surface area contributed by atoms with Gasteiger partial charge in [-0.3, -0.25) is 9.69 Å². The molecule has 0 aromatic heterocycles. The van der Waals surface area contributed by atoms with Gasteiger partial charge < -0.3 is 24.8 Å². The third kappa shape index (κ3) is 5.65.